The Hall–Kier alpha value is -0.370. The van der Waals surface area contributed by atoms with Crippen LogP contribution in [-0.4, -0.2) is 4.98 Å². The summed E-state index contributed by atoms with van der Waals surface area (Å²) in [5.41, 5.74) is 1.42. The molecule has 10 heavy (non-hydrogen) atoms. The molecule has 0 radical (unpaired) electrons. The molecule has 1 rings (SSSR count). The van der Waals surface area contributed by atoms with E-state index in [1.165, 1.54) is 5.69 Å². The molecule has 0 unspecified atom stereocenters. The van der Waals surface area contributed by atoms with Crippen LogP contribution in [0.15, 0.2) is 5.38 Å². The minimum atomic E-state index is 0.213. The van der Waals surface area contributed by atoms with E-state index in [4.69, 9.17) is 0 Å². The Labute approximate surface area is 66.1 Å². The second-order valence-electron chi connectivity index (χ2n) is 3.50. The quantitative estimate of drug-likeness (QED) is 0.561. The molecule has 0 saturated carbocycles. The van der Waals surface area contributed by atoms with Crippen molar-refractivity contribution in [3.05, 3.63) is 16.1 Å². The molecule has 0 aromatic carbocycles. The molecule has 0 saturated heterocycles. The van der Waals surface area contributed by atoms with Gasteiger partial charge in [-0.3, -0.25) is 0 Å². The third-order valence-electron chi connectivity index (χ3n) is 1.39. The van der Waals surface area contributed by atoms with E-state index in [0.717, 1.165) is 5.01 Å². The summed E-state index contributed by atoms with van der Waals surface area (Å²) < 4.78 is 0. The zero-order valence-corrected chi connectivity index (χ0v) is 7.75. The second-order valence-corrected chi connectivity index (χ2v) is 4.56. The third-order valence-corrected chi connectivity index (χ3v) is 2.16. The van der Waals surface area contributed by atoms with Crippen LogP contribution in [0.2, 0.25) is 0 Å². The molecule has 0 fully saturated rings. The summed E-state index contributed by atoms with van der Waals surface area (Å²) in [5.74, 6) is 0. The van der Waals surface area contributed by atoms with Crippen molar-refractivity contribution in [3.63, 3.8) is 0 Å². The molecule has 1 nitrogen and oxygen atoms in total. The number of rotatable bonds is 0. The average molecular weight is 155 g/mol. The van der Waals surface area contributed by atoms with Crippen LogP contribution in [-0.2, 0) is 5.41 Å². The molecule has 0 aliphatic carbocycles. The number of hydrogen-bond donors (Lipinski definition) is 0. The summed E-state index contributed by atoms with van der Waals surface area (Å²) >= 11 is 1.72. The van der Waals surface area contributed by atoms with Gasteiger partial charge in [-0.2, -0.15) is 0 Å². The lowest BCUT2D eigenvalue weighted by atomic mass is 9.93. The molecule has 0 N–H and O–H groups in total. The Morgan fingerprint density at radius 2 is 2.00 bits per heavy atom. The first kappa shape index (κ1) is 7.73. The van der Waals surface area contributed by atoms with Crippen LogP contribution in [0.4, 0.5) is 0 Å². The van der Waals surface area contributed by atoms with Gasteiger partial charge in [-0.1, -0.05) is 20.8 Å². The molecular weight excluding hydrogens is 142 g/mol. The molecule has 1 aromatic rings. The SMILES string of the molecule is Cc1nc(C(C)(C)C)cs1. The topological polar surface area (TPSA) is 12.9 Å². The first-order valence-electron chi connectivity index (χ1n) is 3.43. The van der Waals surface area contributed by atoms with Crippen LogP contribution in [0.1, 0.15) is 31.5 Å². The van der Waals surface area contributed by atoms with E-state index in [-0.39, 0.29) is 5.41 Å². The predicted molar refractivity (Wildman–Crippen MR) is 45.6 cm³/mol. The number of nitrogens with zero attached hydrogens (tertiary/aromatic N) is 1. The van der Waals surface area contributed by atoms with Crippen molar-refractivity contribution >= 4 is 11.3 Å². The van der Waals surface area contributed by atoms with Gasteiger partial charge >= 0.3 is 0 Å². The van der Waals surface area contributed by atoms with E-state index in [0.29, 0.717) is 0 Å². The van der Waals surface area contributed by atoms with Gasteiger partial charge in [-0.05, 0) is 6.92 Å². The Bertz CT molecular complexity index is 219. The summed E-state index contributed by atoms with van der Waals surface area (Å²) in [4.78, 5) is 4.40. The monoisotopic (exact) mass is 155 g/mol. The van der Waals surface area contributed by atoms with Crippen LogP contribution >= 0.6 is 11.3 Å². The molecule has 0 spiro atoms. The molecule has 0 aliphatic heterocycles. The van der Waals surface area contributed by atoms with E-state index in [2.05, 4.69) is 31.1 Å². The molecule has 2 heteroatoms. The van der Waals surface area contributed by atoms with Crippen molar-refractivity contribution in [2.45, 2.75) is 33.1 Å². The van der Waals surface area contributed by atoms with Crippen LogP contribution in [0.3, 0.4) is 0 Å². The maximum atomic E-state index is 4.40. The fourth-order valence-corrected chi connectivity index (χ4v) is 1.55. The smallest absolute Gasteiger partial charge is 0.0897 e. The summed E-state index contributed by atoms with van der Waals surface area (Å²) in [6.07, 6.45) is 0. The zero-order valence-electron chi connectivity index (χ0n) is 6.93. The minimum absolute atomic E-state index is 0.213. The van der Waals surface area contributed by atoms with Crippen LogP contribution in [0, 0.1) is 6.92 Å². The van der Waals surface area contributed by atoms with Crippen molar-refractivity contribution in [2.24, 2.45) is 0 Å². The summed E-state index contributed by atoms with van der Waals surface area (Å²) in [7, 11) is 0. The molecule has 1 aromatic heterocycles. The number of aryl methyl sites for hydroxylation is 1. The predicted octanol–water partition coefficient (Wildman–Crippen LogP) is 2.75. The lowest BCUT2D eigenvalue weighted by Gasteiger charge is -2.13. The fourth-order valence-electron chi connectivity index (χ4n) is 0.708. The summed E-state index contributed by atoms with van der Waals surface area (Å²) in [6.45, 7) is 8.59. The van der Waals surface area contributed by atoms with E-state index in [1.54, 1.807) is 11.3 Å². The second kappa shape index (κ2) is 2.35. The maximum Gasteiger partial charge on any atom is 0.0897 e. The van der Waals surface area contributed by atoms with Gasteiger partial charge in [0.05, 0.1) is 10.7 Å². The molecule has 1 heterocycles. The van der Waals surface area contributed by atoms with Crippen molar-refractivity contribution < 1.29 is 0 Å². The highest BCUT2D eigenvalue weighted by Crippen LogP contribution is 2.22. The van der Waals surface area contributed by atoms with Gasteiger partial charge in [0.2, 0.25) is 0 Å². The Morgan fingerprint density at radius 1 is 1.40 bits per heavy atom. The zero-order chi connectivity index (χ0) is 7.78. The Balaban J connectivity index is 2.96. The summed E-state index contributed by atoms with van der Waals surface area (Å²) in [6, 6.07) is 0. The van der Waals surface area contributed by atoms with Gasteiger partial charge in [0.25, 0.3) is 0 Å². The highest BCUT2D eigenvalue weighted by atomic mass is 32.1. The highest BCUT2D eigenvalue weighted by molar-refractivity contribution is 7.09. The highest BCUT2D eigenvalue weighted by Gasteiger charge is 2.15. The van der Waals surface area contributed by atoms with Crippen molar-refractivity contribution in [1.29, 1.82) is 0 Å². The Morgan fingerprint density at radius 3 is 2.20 bits per heavy atom. The van der Waals surface area contributed by atoms with Gasteiger partial charge in [0.1, 0.15) is 0 Å². The number of hydrogen-bond acceptors (Lipinski definition) is 2. The fraction of sp³-hybridized carbons (Fsp3) is 0.625. The molecule has 0 aliphatic rings. The van der Waals surface area contributed by atoms with E-state index < -0.39 is 0 Å². The van der Waals surface area contributed by atoms with Gasteiger partial charge in [-0.25, -0.2) is 4.98 Å². The van der Waals surface area contributed by atoms with Crippen LogP contribution in [0.5, 0.6) is 0 Å². The van der Waals surface area contributed by atoms with Gasteiger partial charge in [0.15, 0.2) is 0 Å². The molecule has 0 bridgehead atoms. The van der Waals surface area contributed by atoms with Gasteiger partial charge in [-0.15, -0.1) is 11.3 Å². The number of thiazole rings is 1. The van der Waals surface area contributed by atoms with Crippen molar-refractivity contribution in [3.8, 4) is 0 Å². The lowest BCUT2D eigenvalue weighted by Crippen LogP contribution is -2.11. The first-order chi connectivity index (χ1) is 4.50. The number of aromatic nitrogens is 1. The largest absolute Gasteiger partial charge is 0.246 e. The molecular formula is C8H13NS. The Kier molecular flexibility index (Phi) is 1.82. The van der Waals surface area contributed by atoms with E-state index in [1.807, 2.05) is 6.92 Å². The van der Waals surface area contributed by atoms with Gasteiger partial charge < -0.3 is 0 Å². The third kappa shape index (κ3) is 1.57. The van der Waals surface area contributed by atoms with Crippen LogP contribution in [0.25, 0.3) is 0 Å². The maximum absolute atomic E-state index is 4.40. The standard InChI is InChI=1S/C8H13NS/c1-6-9-7(5-10-6)8(2,3)4/h5H,1-4H3. The summed E-state index contributed by atoms with van der Waals surface area (Å²) in [5, 5.41) is 3.29. The van der Waals surface area contributed by atoms with Crippen molar-refractivity contribution in [1.82, 2.24) is 4.98 Å². The lowest BCUT2D eigenvalue weighted by molar-refractivity contribution is 0.572. The molecule has 0 atom stereocenters. The van der Waals surface area contributed by atoms with Gasteiger partial charge in [0, 0.05) is 10.8 Å². The van der Waals surface area contributed by atoms with E-state index >= 15 is 0 Å². The first-order valence-corrected chi connectivity index (χ1v) is 4.31. The van der Waals surface area contributed by atoms with Crippen LogP contribution < -0.4 is 0 Å². The van der Waals surface area contributed by atoms with E-state index in [9.17, 15) is 0 Å². The normalized spacial score (nSPS) is 12.0. The van der Waals surface area contributed by atoms with Crippen molar-refractivity contribution in [2.75, 3.05) is 0 Å². The molecule has 56 valence electrons. The average Bonchev–Trinajstić information content (AvgIpc) is 2.11. The minimum Gasteiger partial charge on any atom is -0.246 e. The molecule has 0 amide bonds.